The third-order valence-electron chi connectivity index (χ3n) is 4.11. The highest BCUT2D eigenvalue weighted by Gasteiger charge is 2.16. The number of hydrogen-bond donors (Lipinski definition) is 1. The summed E-state index contributed by atoms with van der Waals surface area (Å²) in [6, 6.07) is 16.8. The first kappa shape index (κ1) is 20.4. The van der Waals surface area contributed by atoms with E-state index in [2.05, 4.69) is 59.5 Å². The van der Waals surface area contributed by atoms with Gasteiger partial charge in [-0.2, -0.15) is 0 Å². The molecule has 2 aromatic rings. The molecule has 140 valence electrons. The molecular formula is C22H30N2OS. The lowest BCUT2D eigenvalue weighted by atomic mass is 9.94. The fourth-order valence-electron chi connectivity index (χ4n) is 2.96. The fourth-order valence-corrected chi connectivity index (χ4v) is 3.27. The van der Waals surface area contributed by atoms with Crippen molar-refractivity contribution in [2.45, 2.75) is 33.4 Å². The largest absolute Gasteiger partial charge is 0.489 e. The number of rotatable bonds is 7. The Morgan fingerprint density at radius 2 is 1.88 bits per heavy atom. The number of ether oxygens (including phenoxy) is 1. The van der Waals surface area contributed by atoms with E-state index in [0.29, 0.717) is 6.61 Å². The van der Waals surface area contributed by atoms with Gasteiger partial charge in [0.2, 0.25) is 0 Å². The monoisotopic (exact) mass is 370 g/mol. The molecule has 26 heavy (non-hydrogen) atoms. The average molecular weight is 371 g/mol. The minimum absolute atomic E-state index is 0.604. The van der Waals surface area contributed by atoms with Crippen molar-refractivity contribution in [1.82, 2.24) is 9.62 Å². The van der Waals surface area contributed by atoms with Gasteiger partial charge in [-0.05, 0) is 47.1 Å². The quantitative estimate of drug-likeness (QED) is 0.525. The summed E-state index contributed by atoms with van der Waals surface area (Å²) in [4.78, 5) is 2.25. The summed E-state index contributed by atoms with van der Waals surface area (Å²) >= 11 is 1.67. The number of fused-ring (bicyclic) bond motifs is 1. The SMILES string of the molecule is CC.CSNCCC1=CN(C)Cc2ccc(OCc3ccccc3)cc21. The van der Waals surface area contributed by atoms with Crippen LogP contribution in [0.25, 0.3) is 5.57 Å². The predicted octanol–water partition coefficient (Wildman–Crippen LogP) is 5.34. The van der Waals surface area contributed by atoms with Crippen molar-refractivity contribution in [3.8, 4) is 5.75 Å². The predicted molar refractivity (Wildman–Crippen MR) is 114 cm³/mol. The molecule has 0 aliphatic carbocycles. The zero-order valence-corrected chi connectivity index (χ0v) is 17.1. The normalized spacial score (nSPS) is 12.6. The Morgan fingerprint density at radius 3 is 2.62 bits per heavy atom. The maximum absolute atomic E-state index is 6.00. The zero-order valence-electron chi connectivity index (χ0n) is 16.3. The molecule has 0 aromatic heterocycles. The Bertz CT molecular complexity index is 701. The van der Waals surface area contributed by atoms with Crippen LogP contribution in [-0.2, 0) is 13.2 Å². The van der Waals surface area contributed by atoms with Crippen LogP contribution in [0.1, 0.15) is 37.0 Å². The minimum atomic E-state index is 0.604. The van der Waals surface area contributed by atoms with Crippen LogP contribution in [0.3, 0.4) is 0 Å². The van der Waals surface area contributed by atoms with Crippen LogP contribution < -0.4 is 9.46 Å². The van der Waals surface area contributed by atoms with Crippen LogP contribution in [0.4, 0.5) is 0 Å². The molecule has 0 fully saturated rings. The Hall–Kier alpha value is -1.91. The van der Waals surface area contributed by atoms with E-state index in [1.807, 2.05) is 32.0 Å². The van der Waals surface area contributed by atoms with Crippen molar-refractivity contribution in [2.24, 2.45) is 0 Å². The second kappa shape index (κ2) is 10.9. The molecule has 1 N–H and O–H groups in total. The molecule has 0 spiro atoms. The van der Waals surface area contributed by atoms with Crippen LogP contribution >= 0.6 is 11.9 Å². The van der Waals surface area contributed by atoms with Crippen molar-refractivity contribution < 1.29 is 4.74 Å². The van der Waals surface area contributed by atoms with Gasteiger partial charge in [0.15, 0.2) is 0 Å². The second-order valence-corrected chi connectivity index (χ2v) is 6.71. The lowest BCUT2D eigenvalue weighted by molar-refractivity contribution is 0.306. The van der Waals surface area contributed by atoms with Crippen molar-refractivity contribution in [3.05, 3.63) is 71.4 Å². The molecule has 0 radical (unpaired) electrons. The van der Waals surface area contributed by atoms with Crippen LogP contribution in [-0.4, -0.2) is 24.7 Å². The Labute approximate surface area is 162 Å². The van der Waals surface area contributed by atoms with E-state index in [1.165, 1.54) is 22.3 Å². The molecule has 3 rings (SSSR count). The summed E-state index contributed by atoms with van der Waals surface area (Å²) in [5.41, 5.74) is 5.24. The summed E-state index contributed by atoms with van der Waals surface area (Å²) < 4.78 is 9.33. The van der Waals surface area contributed by atoms with Gasteiger partial charge in [-0.3, -0.25) is 4.72 Å². The zero-order chi connectivity index (χ0) is 18.8. The average Bonchev–Trinajstić information content (AvgIpc) is 2.69. The third-order valence-corrected chi connectivity index (χ3v) is 4.61. The first-order valence-corrected chi connectivity index (χ1v) is 10.5. The number of benzene rings is 2. The molecule has 1 aliphatic heterocycles. The molecule has 3 nitrogen and oxygen atoms in total. The summed E-state index contributed by atoms with van der Waals surface area (Å²) in [5.74, 6) is 0.936. The highest BCUT2D eigenvalue weighted by Crippen LogP contribution is 2.31. The van der Waals surface area contributed by atoms with E-state index < -0.39 is 0 Å². The van der Waals surface area contributed by atoms with Gasteiger partial charge in [-0.15, -0.1) is 0 Å². The summed E-state index contributed by atoms with van der Waals surface area (Å²) in [6.45, 7) is 6.52. The van der Waals surface area contributed by atoms with Crippen LogP contribution in [0.2, 0.25) is 0 Å². The van der Waals surface area contributed by atoms with E-state index in [0.717, 1.165) is 25.3 Å². The number of nitrogens with one attached hydrogen (secondary N) is 1. The van der Waals surface area contributed by atoms with E-state index >= 15 is 0 Å². The first-order valence-electron chi connectivity index (χ1n) is 9.23. The Morgan fingerprint density at radius 1 is 1.12 bits per heavy atom. The standard InChI is InChI=1S/C20H24N2OS.C2H6/c1-22-13-17-8-9-19(23-15-16-6-4-3-5-7-16)12-20(17)18(14-22)10-11-21-24-2;1-2/h3-9,12,14,21H,10-11,13,15H2,1-2H3;1-2H3. The van der Waals surface area contributed by atoms with E-state index in [1.54, 1.807) is 11.9 Å². The molecular weight excluding hydrogens is 340 g/mol. The number of hydrogen-bond acceptors (Lipinski definition) is 4. The maximum atomic E-state index is 6.00. The van der Waals surface area contributed by atoms with Gasteiger partial charge in [0, 0.05) is 26.3 Å². The molecule has 4 heteroatoms. The lowest BCUT2D eigenvalue weighted by Crippen LogP contribution is -2.18. The van der Waals surface area contributed by atoms with Gasteiger partial charge in [0.25, 0.3) is 0 Å². The highest BCUT2D eigenvalue weighted by atomic mass is 32.2. The number of nitrogens with zero attached hydrogens (tertiary/aromatic N) is 1. The van der Waals surface area contributed by atoms with E-state index in [9.17, 15) is 0 Å². The van der Waals surface area contributed by atoms with Crippen molar-refractivity contribution in [2.75, 3.05) is 19.8 Å². The van der Waals surface area contributed by atoms with Crippen molar-refractivity contribution >= 4 is 17.5 Å². The third kappa shape index (κ3) is 5.82. The Kier molecular flexibility index (Phi) is 8.59. The summed E-state index contributed by atoms with van der Waals surface area (Å²) in [5, 5.41) is 0. The van der Waals surface area contributed by atoms with Gasteiger partial charge in [-0.25, -0.2) is 0 Å². The van der Waals surface area contributed by atoms with Crippen LogP contribution in [0.15, 0.2) is 54.7 Å². The van der Waals surface area contributed by atoms with E-state index in [-0.39, 0.29) is 0 Å². The summed E-state index contributed by atoms with van der Waals surface area (Å²) in [6.07, 6.45) is 5.33. The van der Waals surface area contributed by atoms with E-state index in [4.69, 9.17) is 4.74 Å². The van der Waals surface area contributed by atoms with Gasteiger partial charge < -0.3 is 9.64 Å². The second-order valence-electron chi connectivity index (χ2n) is 6.01. The van der Waals surface area contributed by atoms with Gasteiger partial charge in [0.05, 0.1) is 0 Å². The van der Waals surface area contributed by atoms with Gasteiger partial charge in [-0.1, -0.05) is 62.2 Å². The van der Waals surface area contributed by atoms with Gasteiger partial charge >= 0.3 is 0 Å². The van der Waals surface area contributed by atoms with Crippen molar-refractivity contribution in [1.29, 1.82) is 0 Å². The molecule has 2 aromatic carbocycles. The van der Waals surface area contributed by atoms with Crippen LogP contribution in [0.5, 0.6) is 5.75 Å². The molecule has 0 saturated heterocycles. The van der Waals surface area contributed by atoms with Crippen LogP contribution in [0, 0.1) is 0 Å². The molecule has 0 saturated carbocycles. The lowest BCUT2D eigenvalue weighted by Gasteiger charge is -2.26. The summed E-state index contributed by atoms with van der Waals surface area (Å²) in [7, 11) is 2.13. The molecule has 1 aliphatic rings. The molecule has 0 unspecified atom stereocenters. The fraction of sp³-hybridized carbons (Fsp3) is 0.364. The van der Waals surface area contributed by atoms with Crippen molar-refractivity contribution in [3.63, 3.8) is 0 Å². The first-order chi connectivity index (χ1) is 12.8. The van der Waals surface area contributed by atoms with Gasteiger partial charge in [0.1, 0.15) is 12.4 Å². The Balaban J connectivity index is 0.00000117. The highest BCUT2D eigenvalue weighted by molar-refractivity contribution is 7.96. The maximum Gasteiger partial charge on any atom is 0.120 e. The smallest absolute Gasteiger partial charge is 0.120 e. The molecule has 0 atom stereocenters. The topological polar surface area (TPSA) is 24.5 Å². The molecule has 0 amide bonds. The molecule has 1 heterocycles. The minimum Gasteiger partial charge on any atom is -0.489 e. The molecule has 0 bridgehead atoms.